The number of rotatable bonds is 7. The lowest BCUT2D eigenvalue weighted by atomic mass is 10.1. The number of thiazole rings is 1. The van der Waals surface area contributed by atoms with Crippen molar-refractivity contribution in [2.75, 3.05) is 11.1 Å². The molecule has 0 aliphatic carbocycles. The molecule has 0 radical (unpaired) electrons. The second kappa shape index (κ2) is 8.26. The van der Waals surface area contributed by atoms with E-state index in [1.165, 1.54) is 11.8 Å². The van der Waals surface area contributed by atoms with E-state index in [1.54, 1.807) is 35.6 Å². The third kappa shape index (κ3) is 5.80. The summed E-state index contributed by atoms with van der Waals surface area (Å²) in [6, 6.07) is 7.04. The first kappa shape index (κ1) is 17.7. The topological polar surface area (TPSA) is 59.1 Å². The summed E-state index contributed by atoms with van der Waals surface area (Å²) in [5, 5.41) is 4.81. The summed E-state index contributed by atoms with van der Waals surface area (Å²) in [5.74, 6) is 0.741. The standard InChI is InChI=1S/C17H20N2O2S2/c1-11(2)8-16(21)19-14-6-4-13(5-7-14)15(20)10-23-17-18-12(3)9-22-17/h4-7,9,11H,8,10H2,1-3H3,(H,19,21). The lowest BCUT2D eigenvalue weighted by Gasteiger charge is -2.07. The smallest absolute Gasteiger partial charge is 0.224 e. The van der Waals surface area contributed by atoms with Crippen LogP contribution in [-0.2, 0) is 4.79 Å². The molecular weight excluding hydrogens is 328 g/mol. The quantitative estimate of drug-likeness (QED) is 0.595. The van der Waals surface area contributed by atoms with Crippen molar-refractivity contribution in [3.63, 3.8) is 0 Å². The first-order valence-electron chi connectivity index (χ1n) is 7.42. The van der Waals surface area contributed by atoms with Gasteiger partial charge in [0.2, 0.25) is 5.91 Å². The number of benzene rings is 1. The number of aromatic nitrogens is 1. The predicted octanol–water partition coefficient (Wildman–Crippen LogP) is 4.41. The molecule has 2 aromatic rings. The fraction of sp³-hybridized carbons (Fsp3) is 0.353. The number of nitrogens with zero attached hydrogens (tertiary/aromatic N) is 1. The molecule has 0 aliphatic heterocycles. The Balaban J connectivity index is 1.88. The Morgan fingerprint density at radius 1 is 1.26 bits per heavy atom. The predicted molar refractivity (Wildman–Crippen MR) is 96.4 cm³/mol. The van der Waals surface area contributed by atoms with E-state index >= 15 is 0 Å². The number of hydrogen-bond donors (Lipinski definition) is 1. The van der Waals surface area contributed by atoms with Crippen LogP contribution in [0.2, 0.25) is 0 Å². The molecule has 0 bridgehead atoms. The Hall–Kier alpha value is -1.66. The molecule has 0 saturated carbocycles. The molecule has 1 aromatic heterocycles. The van der Waals surface area contributed by atoms with Crippen molar-refractivity contribution in [3.05, 3.63) is 40.9 Å². The molecule has 0 unspecified atom stereocenters. The van der Waals surface area contributed by atoms with Crippen molar-refractivity contribution in [1.82, 2.24) is 4.98 Å². The Kier molecular flexibility index (Phi) is 6.36. The van der Waals surface area contributed by atoms with Crippen molar-refractivity contribution >= 4 is 40.5 Å². The van der Waals surface area contributed by atoms with E-state index in [-0.39, 0.29) is 11.7 Å². The highest BCUT2D eigenvalue weighted by Crippen LogP contribution is 2.23. The lowest BCUT2D eigenvalue weighted by molar-refractivity contribution is -0.116. The minimum absolute atomic E-state index is 0.00577. The van der Waals surface area contributed by atoms with Crippen LogP contribution in [0.1, 0.15) is 36.3 Å². The highest BCUT2D eigenvalue weighted by atomic mass is 32.2. The number of carbonyl (C=O) groups is 2. The summed E-state index contributed by atoms with van der Waals surface area (Å²) < 4.78 is 0.911. The normalized spacial score (nSPS) is 10.8. The summed E-state index contributed by atoms with van der Waals surface area (Å²) in [5.41, 5.74) is 2.34. The SMILES string of the molecule is Cc1csc(SCC(=O)c2ccc(NC(=O)CC(C)C)cc2)n1. The Morgan fingerprint density at radius 3 is 2.52 bits per heavy atom. The number of nitrogens with one attached hydrogen (secondary N) is 1. The largest absolute Gasteiger partial charge is 0.326 e. The molecule has 4 nitrogen and oxygen atoms in total. The van der Waals surface area contributed by atoms with Gasteiger partial charge < -0.3 is 5.32 Å². The number of anilines is 1. The average molecular weight is 348 g/mol. The highest BCUT2D eigenvalue weighted by molar-refractivity contribution is 8.01. The molecule has 2 rings (SSSR count). The van der Waals surface area contributed by atoms with Crippen LogP contribution in [0.5, 0.6) is 0 Å². The summed E-state index contributed by atoms with van der Waals surface area (Å²) in [6.07, 6.45) is 0.491. The van der Waals surface area contributed by atoms with Crippen LogP contribution in [0.15, 0.2) is 34.0 Å². The van der Waals surface area contributed by atoms with Gasteiger partial charge in [0.25, 0.3) is 0 Å². The maximum Gasteiger partial charge on any atom is 0.224 e. The third-order valence-electron chi connectivity index (χ3n) is 3.01. The van der Waals surface area contributed by atoms with Crippen LogP contribution in [-0.4, -0.2) is 22.4 Å². The first-order valence-corrected chi connectivity index (χ1v) is 9.28. The summed E-state index contributed by atoms with van der Waals surface area (Å²) in [6.45, 7) is 5.95. The molecule has 0 atom stereocenters. The monoisotopic (exact) mass is 348 g/mol. The molecule has 1 amide bonds. The number of thioether (sulfide) groups is 1. The van der Waals surface area contributed by atoms with E-state index in [1.807, 2.05) is 26.2 Å². The number of amides is 1. The van der Waals surface area contributed by atoms with E-state index < -0.39 is 0 Å². The van der Waals surface area contributed by atoms with E-state index in [0.717, 1.165) is 15.7 Å². The van der Waals surface area contributed by atoms with Crippen molar-refractivity contribution in [2.24, 2.45) is 5.92 Å². The van der Waals surface area contributed by atoms with Crippen molar-refractivity contribution < 1.29 is 9.59 Å². The maximum absolute atomic E-state index is 12.2. The van der Waals surface area contributed by atoms with Crippen LogP contribution >= 0.6 is 23.1 Å². The minimum atomic E-state index is -0.00577. The van der Waals surface area contributed by atoms with Gasteiger partial charge in [0.05, 0.1) is 5.75 Å². The fourth-order valence-corrected chi connectivity index (χ4v) is 3.68. The Bertz CT molecular complexity index is 678. The van der Waals surface area contributed by atoms with Crippen LogP contribution in [0.25, 0.3) is 0 Å². The van der Waals surface area contributed by atoms with Gasteiger partial charge >= 0.3 is 0 Å². The van der Waals surface area contributed by atoms with Gasteiger partial charge in [-0.05, 0) is 37.1 Å². The van der Waals surface area contributed by atoms with E-state index in [2.05, 4.69) is 10.3 Å². The molecule has 23 heavy (non-hydrogen) atoms. The molecule has 1 aromatic carbocycles. The lowest BCUT2D eigenvalue weighted by Crippen LogP contribution is -2.14. The van der Waals surface area contributed by atoms with E-state index in [4.69, 9.17) is 0 Å². The molecule has 122 valence electrons. The number of Topliss-reactive ketones (excluding diaryl/α,β-unsaturated/α-hetero) is 1. The van der Waals surface area contributed by atoms with Crippen LogP contribution < -0.4 is 5.32 Å². The number of aryl methyl sites for hydroxylation is 1. The van der Waals surface area contributed by atoms with Gasteiger partial charge in [-0.3, -0.25) is 9.59 Å². The average Bonchev–Trinajstić information content (AvgIpc) is 2.90. The fourth-order valence-electron chi connectivity index (χ4n) is 1.93. The van der Waals surface area contributed by atoms with Gasteiger partial charge in [0.15, 0.2) is 10.1 Å². The highest BCUT2D eigenvalue weighted by Gasteiger charge is 2.10. The molecule has 1 heterocycles. The summed E-state index contributed by atoms with van der Waals surface area (Å²) in [7, 11) is 0. The number of ketones is 1. The van der Waals surface area contributed by atoms with Gasteiger partial charge in [0.1, 0.15) is 0 Å². The first-order chi connectivity index (χ1) is 10.9. The van der Waals surface area contributed by atoms with Crippen molar-refractivity contribution in [3.8, 4) is 0 Å². The Morgan fingerprint density at radius 2 is 1.96 bits per heavy atom. The Labute approximate surface area is 144 Å². The zero-order valence-corrected chi connectivity index (χ0v) is 15.1. The third-order valence-corrected chi connectivity index (χ3v) is 5.15. The van der Waals surface area contributed by atoms with Crippen LogP contribution in [0.4, 0.5) is 5.69 Å². The number of hydrogen-bond acceptors (Lipinski definition) is 5. The second-order valence-electron chi connectivity index (χ2n) is 5.69. The van der Waals surface area contributed by atoms with Gasteiger partial charge in [-0.15, -0.1) is 11.3 Å². The van der Waals surface area contributed by atoms with Crippen molar-refractivity contribution in [1.29, 1.82) is 0 Å². The molecule has 0 fully saturated rings. The second-order valence-corrected chi connectivity index (χ2v) is 7.77. The van der Waals surface area contributed by atoms with E-state index in [0.29, 0.717) is 23.7 Å². The van der Waals surface area contributed by atoms with Crippen molar-refractivity contribution in [2.45, 2.75) is 31.5 Å². The van der Waals surface area contributed by atoms with Crippen LogP contribution in [0.3, 0.4) is 0 Å². The van der Waals surface area contributed by atoms with E-state index in [9.17, 15) is 9.59 Å². The zero-order chi connectivity index (χ0) is 16.8. The van der Waals surface area contributed by atoms with Gasteiger partial charge in [-0.1, -0.05) is 25.6 Å². The molecule has 0 spiro atoms. The summed E-state index contributed by atoms with van der Waals surface area (Å²) in [4.78, 5) is 28.2. The number of carbonyl (C=O) groups excluding carboxylic acids is 2. The molecule has 1 N–H and O–H groups in total. The maximum atomic E-state index is 12.2. The molecule has 0 saturated heterocycles. The minimum Gasteiger partial charge on any atom is -0.326 e. The van der Waals surface area contributed by atoms with Gasteiger partial charge in [-0.2, -0.15) is 0 Å². The molecular formula is C17H20N2O2S2. The molecule has 6 heteroatoms. The zero-order valence-electron chi connectivity index (χ0n) is 13.5. The van der Waals surface area contributed by atoms with Gasteiger partial charge in [-0.25, -0.2) is 4.98 Å². The van der Waals surface area contributed by atoms with Crippen LogP contribution in [0, 0.1) is 12.8 Å². The molecule has 0 aliphatic rings. The summed E-state index contributed by atoms with van der Waals surface area (Å²) >= 11 is 3.01. The van der Waals surface area contributed by atoms with Gasteiger partial charge in [0, 0.05) is 28.7 Å².